The first-order chi connectivity index (χ1) is 24.9. The number of rotatable bonds is 6. The van der Waals surface area contributed by atoms with Crippen molar-refractivity contribution in [2.75, 3.05) is 9.80 Å². The number of benzene rings is 7. The summed E-state index contributed by atoms with van der Waals surface area (Å²) in [5.41, 5.74) is 6.85. The molecule has 2 heteroatoms. The van der Waals surface area contributed by atoms with Gasteiger partial charge in [-0.1, -0.05) is 191 Å². The predicted octanol–water partition coefficient (Wildman–Crippen LogP) is 16.1. The zero-order chi connectivity index (χ0) is 36.7. The lowest BCUT2D eigenvalue weighted by Crippen LogP contribution is -2.14. The van der Waals surface area contributed by atoms with Gasteiger partial charge in [-0.05, 0) is 48.5 Å². The van der Waals surface area contributed by atoms with Crippen molar-refractivity contribution in [1.82, 2.24) is 0 Å². The van der Waals surface area contributed by atoms with Gasteiger partial charge in [-0.15, -0.1) is 0 Å². The van der Waals surface area contributed by atoms with Crippen molar-refractivity contribution in [2.45, 2.75) is 69.2 Å². The molecule has 0 spiro atoms. The SMILES string of the molecule is CC.CC.CC.CC.CC.c1ccc(N(c2ccccc2)c2c3ccccc3c(N(c3ccccc3)c3ccccc3)c3ccccc23)cc1. The maximum atomic E-state index is 2.39. The third-order valence-corrected chi connectivity index (χ3v) is 7.38. The van der Waals surface area contributed by atoms with Gasteiger partial charge in [0, 0.05) is 44.3 Å². The molecule has 0 aliphatic heterocycles. The number of hydrogen-bond donors (Lipinski definition) is 0. The highest BCUT2D eigenvalue weighted by molar-refractivity contribution is 6.23. The topological polar surface area (TPSA) is 6.48 Å². The monoisotopic (exact) mass is 662 g/mol. The first-order valence-corrected chi connectivity index (χ1v) is 18.6. The summed E-state index contributed by atoms with van der Waals surface area (Å²) in [6.45, 7) is 20.0. The molecule has 0 aliphatic carbocycles. The van der Waals surface area contributed by atoms with Crippen molar-refractivity contribution in [1.29, 1.82) is 0 Å². The summed E-state index contributed by atoms with van der Waals surface area (Å²) in [6.07, 6.45) is 0. The molecule has 0 heterocycles. The summed E-state index contributed by atoms with van der Waals surface area (Å²) >= 11 is 0. The van der Waals surface area contributed by atoms with Gasteiger partial charge in [0.1, 0.15) is 0 Å². The zero-order valence-corrected chi connectivity index (χ0v) is 32.1. The molecule has 0 aromatic heterocycles. The lowest BCUT2D eigenvalue weighted by atomic mass is 9.95. The molecule has 0 radical (unpaired) electrons. The molecule has 0 bridgehead atoms. The van der Waals surface area contributed by atoms with Crippen molar-refractivity contribution in [3.8, 4) is 0 Å². The minimum absolute atomic E-state index is 1.12. The van der Waals surface area contributed by atoms with E-state index in [0.717, 1.165) is 22.7 Å². The molecule has 0 saturated carbocycles. The molecule has 50 heavy (non-hydrogen) atoms. The Kier molecular flexibility index (Phi) is 18.9. The summed E-state index contributed by atoms with van der Waals surface area (Å²) in [5, 5.41) is 4.78. The average Bonchev–Trinajstić information content (AvgIpc) is 3.24. The van der Waals surface area contributed by atoms with Crippen LogP contribution in [-0.2, 0) is 0 Å². The predicted molar refractivity (Wildman–Crippen MR) is 228 cm³/mol. The molecule has 7 aromatic carbocycles. The van der Waals surface area contributed by atoms with Crippen LogP contribution in [0.2, 0.25) is 0 Å². The van der Waals surface area contributed by atoms with E-state index in [-0.39, 0.29) is 0 Å². The summed E-state index contributed by atoms with van der Waals surface area (Å²) in [7, 11) is 0. The molecular weight excluding hydrogens is 605 g/mol. The number of hydrogen-bond acceptors (Lipinski definition) is 2. The van der Waals surface area contributed by atoms with E-state index >= 15 is 0 Å². The maximum absolute atomic E-state index is 2.39. The minimum Gasteiger partial charge on any atom is -0.309 e. The van der Waals surface area contributed by atoms with E-state index in [2.05, 4.69) is 180 Å². The lowest BCUT2D eigenvalue weighted by Gasteiger charge is -2.32. The van der Waals surface area contributed by atoms with Crippen molar-refractivity contribution in [3.63, 3.8) is 0 Å². The van der Waals surface area contributed by atoms with Crippen LogP contribution in [0.1, 0.15) is 69.2 Å². The van der Waals surface area contributed by atoms with E-state index in [9.17, 15) is 0 Å². The maximum Gasteiger partial charge on any atom is 0.0619 e. The second-order valence-electron chi connectivity index (χ2n) is 9.80. The molecule has 7 aromatic rings. The molecule has 2 nitrogen and oxygen atoms in total. The Balaban J connectivity index is 0.000000800. The van der Waals surface area contributed by atoms with Crippen LogP contribution in [0.4, 0.5) is 34.1 Å². The number of nitrogens with zero attached hydrogens (tertiary/aromatic N) is 2. The Bertz CT molecular complexity index is 1610. The summed E-state index contributed by atoms with van der Waals surface area (Å²) < 4.78 is 0. The molecule has 0 amide bonds. The van der Waals surface area contributed by atoms with Crippen LogP contribution in [0, 0.1) is 0 Å². The fraction of sp³-hybridized carbons (Fsp3) is 0.208. The second kappa shape index (κ2) is 23.1. The molecule has 0 atom stereocenters. The normalized spacial score (nSPS) is 9.40. The lowest BCUT2D eigenvalue weighted by molar-refractivity contribution is 1.29. The van der Waals surface area contributed by atoms with Crippen molar-refractivity contribution >= 4 is 55.7 Å². The Morgan fingerprint density at radius 1 is 0.220 bits per heavy atom. The number of fused-ring (bicyclic) bond motifs is 2. The van der Waals surface area contributed by atoms with Crippen molar-refractivity contribution in [3.05, 3.63) is 170 Å². The molecule has 260 valence electrons. The zero-order valence-electron chi connectivity index (χ0n) is 32.1. The Morgan fingerprint density at radius 3 is 0.560 bits per heavy atom. The van der Waals surface area contributed by atoms with Crippen LogP contribution in [0.15, 0.2) is 170 Å². The van der Waals surface area contributed by atoms with Gasteiger partial charge in [-0.3, -0.25) is 0 Å². The van der Waals surface area contributed by atoms with Gasteiger partial charge in [0.2, 0.25) is 0 Å². The van der Waals surface area contributed by atoms with E-state index in [4.69, 9.17) is 0 Å². The standard InChI is InChI=1S/C38H28N2.5C2H6/c1-5-17-29(18-6-1)39(30-19-7-2-8-20-30)37-33-25-13-15-27-35(33)38(36-28-16-14-26-34(36)37)40(31-21-9-3-10-22-31)32-23-11-4-12-24-32;5*1-2/h1-28H;5*1-2H3. The van der Waals surface area contributed by atoms with Crippen molar-refractivity contribution < 1.29 is 0 Å². The molecule has 0 N–H and O–H groups in total. The number of para-hydroxylation sites is 4. The Labute approximate surface area is 303 Å². The highest BCUT2D eigenvalue weighted by atomic mass is 15.2. The third kappa shape index (κ3) is 9.42. The van der Waals surface area contributed by atoms with Gasteiger partial charge in [0.25, 0.3) is 0 Å². The van der Waals surface area contributed by atoms with Crippen LogP contribution in [0.3, 0.4) is 0 Å². The van der Waals surface area contributed by atoms with Crippen LogP contribution in [0.5, 0.6) is 0 Å². The van der Waals surface area contributed by atoms with Crippen LogP contribution < -0.4 is 9.80 Å². The highest BCUT2D eigenvalue weighted by Gasteiger charge is 2.24. The van der Waals surface area contributed by atoms with Gasteiger partial charge in [-0.25, -0.2) is 0 Å². The first kappa shape index (κ1) is 40.8. The molecule has 0 fully saturated rings. The second-order valence-corrected chi connectivity index (χ2v) is 9.80. The first-order valence-electron chi connectivity index (χ1n) is 18.6. The van der Waals surface area contributed by atoms with E-state index in [0.29, 0.717) is 0 Å². The fourth-order valence-electron chi connectivity index (χ4n) is 5.69. The van der Waals surface area contributed by atoms with Gasteiger partial charge in [-0.2, -0.15) is 0 Å². The average molecular weight is 663 g/mol. The molecule has 7 rings (SSSR count). The number of anilines is 6. The third-order valence-electron chi connectivity index (χ3n) is 7.38. The molecule has 0 saturated heterocycles. The smallest absolute Gasteiger partial charge is 0.0619 e. The van der Waals surface area contributed by atoms with E-state index < -0.39 is 0 Å². The summed E-state index contributed by atoms with van der Waals surface area (Å²) in [5.74, 6) is 0. The van der Waals surface area contributed by atoms with Gasteiger partial charge in [0.05, 0.1) is 11.4 Å². The fourth-order valence-corrected chi connectivity index (χ4v) is 5.69. The largest absolute Gasteiger partial charge is 0.309 e. The van der Waals surface area contributed by atoms with Crippen LogP contribution >= 0.6 is 0 Å². The van der Waals surface area contributed by atoms with E-state index in [1.54, 1.807) is 0 Å². The minimum atomic E-state index is 1.12. The molecular formula is C48H58N2. The highest BCUT2D eigenvalue weighted by Crippen LogP contribution is 2.50. The van der Waals surface area contributed by atoms with Gasteiger partial charge < -0.3 is 9.80 Å². The molecule has 0 aliphatic rings. The van der Waals surface area contributed by atoms with Gasteiger partial charge in [0.15, 0.2) is 0 Å². The van der Waals surface area contributed by atoms with Crippen molar-refractivity contribution in [2.24, 2.45) is 0 Å². The quantitative estimate of drug-likeness (QED) is 0.129. The Hall–Kier alpha value is -5.34. The molecule has 0 unspecified atom stereocenters. The Morgan fingerprint density at radius 2 is 0.380 bits per heavy atom. The van der Waals surface area contributed by atoms with E-state index in [1.807, 2.05) is 69.2 Å². The summed E-state index contributed by atoms with van der Waals surface area (Å²) in [6, 6.07) is 60.3. The van der Waals surface area contributed by atoms with Crippen LogP contribution in [0.25, 0.3) is 21.5 Å². The van der Waals surface area contributed by atoms with E-state index in [1.165, 1.54) is 32.9 Å². The summed E-state index contributed by atoms with van der Waals surface area (Å²) in [4.78, 5) is 4.79. The van der Waals surface area contributed by atoms with Gasteiger partial charge >= 0.3 is 0 Å². The van der Waals surface area contributed by atoms with Crippen LogP contribution in [-0.4, -0.2) is 0 Å².